The van der Waals surface area contributed by atoms with E-state index < -0.39 is 17.2 Å². The summed E-state index contributed by atoms with van der Waals surface area (Å²) < 4.78 is 16.4. The summed E-state index contributed by atoms with van der Waals surface area (Å²) >= 11 is 2.36. The molecule has 0 atom stereocenters. The molecule has 2 N–H and O–H groups in total. The standard InChI is InChI=1S/C21H30N4O5S2/c1-20(2,3)29-12(26)11-31-19-23-16(25-7-9-28-10-8-25)13-14(22)15(32-17(13)24-19)18(27)30-21(4,5)6/h7-11,22H2,1-6H3. The number of thioether (sulfide) groups is 1. The molecule has 1 fully saturated rings. The quantitative estimate of drug-likeness (QED) is 0.385. The Labute approximate surface area is 196 Å². The molecule has 9 nitrogen and oxygen atoms in total. The van der Waals surface area contributed by atoms with Gasteiger partial charge in [0.05, 0.1) is 30.0 Å². The number of thiophene rings is 1. The molecule has 32 heavy (non-hydrogen) atoms. The number of carbonyl (C=O) groups excluding carboxylic acids is 2. The number of nitrogens with zero attached hydrogens (tertiary/aromatic N) is 3. The van der Waals surface area contributed by atoms with Crippen LogP contribution in [0.2, 0.25) is 0 Å². The molecular formula is C21H30N4O5S2. The summed E-state index contributed by atoms with van der Waals surface area (Å²) in [5, 5.41) is 1.04. The fourth-order valence-corrected chi connectivity index (χ4v) is 4.66. The van der Waals surface area contributed by atoms with Gasteiger partial charge >= 0.3 is 11.9 Å². The van der Waals surface area contributed by atoms with E-state index in [4.69, 9.17) is 24.9 Å². The Bertz CT molecular complexity index is 1000. The van der Waals surface area contributed by atoms with E-state index in [0.717, 1.165) is 0 Å². The zero-order chi connectivity index (χ0) is 23.7. The zero-order valence-electron chi connectivity index (χ0n) is 19.3. The van der Waals surface area contributed by atoms with E-state index in [1.165, 1.54) is 23.1 Å². The molecule has 0 spiro atoms. The van der Waals surface area contributed by atoms with E-state index in [0.29, 0.717) is 58.1 Å². The number of esters is 2. The molecule has 1 aliphatic rings. The molecule has 176 valence electrons. The van der Waals surface area contributed by atoms with Gasteiger partial charge in [0.1, 0.15) is 26.7 Å². The van der Waals surface area contributed by atoms with Gasteiger partial charge in [0.2, 0.25) is 0 Å². The van der Waals surface area contributed by atoms with Gasteiger partial charge in [-0.25, -0.2) is 14.8 Å². The molecule has 0 aromatic carbocycles. The van der Waals surface area contributed by atoms with Gasteiger partial charge in [0.25, 0.3) is 0 Å². The van der Waals surface area contributed by atoms with Gasteiger partial charge < -0.3 is 24.8 Å². The number of rotatable bonds is 5. The van der Waals surface area contributed by atoms with Gasteiger partial charge in [-0.2, -0.15) is 0 Å². The zero-order valence-corrected chi connectivity index (χ0v) is 20.9. The highest BCUT2D eigenvalue weighted by Gasteiger charge is 2.28. The molecule has 0 radical (unpaired) electrons. The van der Waals surface area contributed by atoms with E-state index in [9.17, 15) is 9.59 Å². The van der Waals surface area contributed by atoms with Gasteiger partial charge in [-0.1, -0.05) is 11.8 Å². The molecular weight excluding hydrogens is 452 g/mol. The summed E-state index contributed by atoms with van der Waals surface area (Å²) in [5.41, 5.74) is 5.50. The Balaban J connectivity index is 1.97. The summed E-state index contributed by atoms with van der Waals surface area (Å²) in [5.74, 6) is -0.132. The number of morpholine rings is 1. The van der Waals surface area contributed by atoms with Crippen LogP contribution in [0.3, 0.4) is 0 Å². The Morgan fingerprint density at radius 1 is 1.09 bits per heavy atom. The summed E-state index contributed by atoms with van der Waals surface area (Å²) in [6, 6.07) is 0. The molecule has 1 aliphatic heterocycles. The smallest absolute Gasteiger partial charge is 0.351 e. The van der Waals surface area contributed by atoms with Crippen LogP contribution >= 0.6 is 23.1 Å². The second kappa shape index (κ2) is 9.40. The van der Waals surface area contributed by atoms with Crippen LogP contribution in [-0.2, 0) is 19.0 Å². The Morgan fingerprint density at radius 2 is 1.72 bits per heavy atom. The van der Waals surface area contributed by atoms with Crippen molar-refractivity contribution in [3.05, 3.63) is 4.88 Å². The lowest BCUT2D eigenvalue weighted by molar-refractivity contribution is -0.151. The van der Waals surface area contributed by atoms with E-state index in [2.05, 4.69) is 9.88 Å². The third-order valence-electron chi connectivity index (χ3n) is 4.18. The number of hydrogen-bond acceptors (Lipinski definition) is 11. The summed E-state index contributed by atoms with van der Waals surface area (Å²) in [6.45, 7) is 13.3. The highest BCUT2D eigenvalue weighted by Crippen LogP contribution is 2.40. The van der Waals surface area contributed by atoms with Gasteiger partial charge in [-0.15, -0.1) is 11.3 Å². The van der Waals surface area contributed by atoms with Crippen molar-refractivity contribution in [2.45, 2.75) is 57.9 Å². The number of fused-ring (bicyclic) bond motifs is 1. The van der Waals surface area contributed by atoms with Crippen molar-refractivity contribution in [3.63, 3.8) is 0 Å². The van der Waals surface area contributed by atoms with Crippen LogP contribution in [0.25, 0.3) is 10.2 Å². The minimum Gasteiger partial charge on any atom is -0.459 e. The number of aromatic nitrogens is 2. The Hall–Kier alpha value is -2.11. The van der Waals surface area contributed by atoms with E-state index in [-0.39, 0.29) is 11.7 Å². The second-order valence-corrected chi connectivity index (χ2v) is 11.3. The fourth-order valence-electron chi connectivity index (χ4n) is 3.02. The fraction of sp³-hybridized carbons (Fsp3) is 0.619. The third kappa shape index (κ3) is 6.23. The van der Waals surface area contributed by atoms with Crippen molar-refractivity contribution in [3.8, 4) is 0 Å². The van der Waals surface area contributed by atoms with E-state index in [1.807, 2.05) is 20.8 Å². The van der Waals surface area contributed by atoms with Crippen molar-refractivity contribution in [1.29, 1.82) is 0 Å². The molecule has 3 rings (SSSR count). The predicted molar refractivity (Wildman–Crippen MR) is 127 cm³/mol. The molecule has 0 saturated carbocycles. The first-order valence-electron chi connectivity index (χ1n) is 10.3. The van der Waals surface area contributed by atoms with E-state index in [1.54, 1.807) is 20.8 Å². The normalized spacial score (nSPS) is 15.1. The number of ether oxygens (including phenoxy) is 3. The number of nitrogen functional groups attached to an aromatic ring is 1. The second-order valence-electron chi connectivity index (χ2n) is 9.33. The minimum atomic E-state index is -0.646. The lowest BCUT2D eigenvalue weighted by Gasteiger charge is -2.28. The highest BCUT2D eigenvalue weighted by atomic mass is 32.2. The summed E-state index contributed by atoms with van der Waals surface area (Å²) in [6.07, 6.45) is 0. The number of carbonyl (C=O) groups is 2. The average molecular weight is 483 g/mol. The van der Waals surface area contributed by atoms with Gasteiger partial charge in [0, 0.05) is 13.1 Å². The topological polar surface area (TPSA) is 117 Å². The molecule has 11 heteroatoms. The van der Waals surface area contributed by atoms with Crippen LogP contribution in [0.1, 0.15) is 51.2 Å². The summed E-state index contributed by atoms with van der Waals surface area (Å²) in [7, 11) is 0. The maximum absolute atomic E-state index is 12.7. The Kier molecular flexibility index (Phi) is 7.21. The number of anilines is 2. The van der Waals surface area contributed by atoms with Crippen LogP contribution in [0.15, 0.2) is 5.16 Å². The van der Waals surface area contributed by atoms with Gasteiger partial charge in [0.15, 0.2) is 5.16 Å². The van der Waals surface area contributed by atoms with Crippen LogP contribution in [-0.4, -0.2) is 65.2 Å². The largest absolute Gasteiger partial charge is 0.459 e. The first kappa shape index (κ1) is 24.5. The molecule has 2 aromatic rings. The first-order chi connectivity index (χ1) is 14.8. The summed E-state index contributed by atoms with van der Waals surface area (Å²) in [4.78, 5) is 37.1. The number of hydrogen-bond donors (Lipinski definition) is 1. The van der Waals surface area contributed by atoms with Gasteiger partial charge in [-0.3, -0.25) is 4.79 Å². The SMILES string of the molecule is CC(C)(C)OC(=O)CSc1nc(N2CCOCC2)c2c(N)c(C(=O)OC(C)(C)C)sc2n1. The maximum Gasteiger partial charge on any atom is 0.351 e. The first-order valence-corrected chi connectivity index (χ1v) is 12.1. The molecule has 0 amide bonds. The van der Waals surface area contributed by atoms with Crippen LogP contribution in [0.4, 0.5) is 11.5 Å². The highest BCUT2D eigenvalue weighted by molar-refractivity contribution is 7.99. The lowest BCUT2D eigenvalue weighted by Crippen LogP contribution is -2.37. The van der Waals surface area contributed by atoms with Crippen LogP contribution < -0.4 is 10.6 Å². The third-order valence-corrected chi connectivity index (χ3v) is 6.08. The van der Waals surface area contributed by atoms with Crippen molar-refractivity contribution >= 4 is 56.8 Å². The van der Waals surface area contributed by atoms with Crippen molar-refractivity contribution in [1.82, 2.24) is 9.97 Å². The van der Waals surface area contributed by atoms with Crippen molar-refractivity contribution in [2.24, 2.45) is 0 Å². The molecule has 0 bridgehead atoms. The lowest BCUT2D eigenvalue weighted by atomic mass is 10.2. The Morgan fingerprint density at radius 3 is 2.31 bits per heavy atom. The maximum atomic E-state index is 12.7. The number of nitrogens with two attached hydrogens (primary N) is 1. The molecule has 0 unspecified atom stereocenters. The van der Waals surface area contributed by atoms with Crippen LogP contribution in [0.5, 0.6) is 0 Å². The molecule has 1 saturated heterocycles. The minimum absolute atomic E-state index is 0.0745. The monoisotopic (exact) mass is 482 g/mol. The van der Waals surface area contributed by atoms with Gasteiger partial charge in [-0.05, 0) is 41.5 Å². The molecule has 0 aliphatic carbocycles. The van der Waals surface area contributed by atoms with Crippen molar-refractivity contribution in [2.75, 3.05) is 42.7 Å². The molecule has 2 aromatic heterocycles. The van der Waals surface area contributed by atoms with E-state index >= 15 is 0 Å². The van der Waals surface area contributed by atoms with Crippen molar-refractivity contribution < 1.29 is 23.8 Å². The van der Waals surface area contributed by atoms with Crippen LogP contribution in [0, 0.1) is 0 Å². The average Bonchev–Trinajstić information content (AvgIpc) is 3.01. The molecule has 3 heterocycles. The predicted octanol–water partition coefficient (Wildman–Crippen LogP) is 3.50.